The Kier molecular flexibility index (Phi) is 12.7. The highest BCUT2D eigenvalue weighted by molar-refractivity contribution is 9.28. The maximum absolute atomic E-state index is 6.93. The van der Waals surface area contributed by atoms with Crippen LogP contribution in [-0.2, 0) is 20.5 Å². The molecule has 0 aromatic heterocycles. The Labute approximate surface area is 213 Å². The van der Waals surface area contributed by atoms with Crippen LogP contribution < -0.4 is 4.74 Å². The number of hydrogen-bond donors (Lipinski definition) is 0. The van der Waals surface area contributed by atoms with Gasteiger partial charge in [-0.15, -0.1) is 0 Å². The van der Waals surface area contributed by atoms with Crippen LogP contribution in [0.15, 0.2) is 33.7 Å². The molecule has 0 bridgehead atoms. The highest BCUT2D eigenvalue weighted by Crippen LogP contribution is 2.40. The molecule has 0 aliphatic heterocycles. The Balaban J connectivity index is 2.82. The molecular weight excluding hydrogens is 552 g/mol. The third-order valence-corrected chi connectivity index (χ3v) is 11.5. The Morgan fingerprint density at radius 1 is 1.06 bits per heavy atom. The molecule has 184 valence electrons. The molecule has 0 amide bonds. The molecule has 0 aliphatic rings. The van der Waals surface area contributed by atoms with Gasteiger partial charge in [0, 0.05) is 25.6 Å². The second-order valence-electron chi connectivity index (χ2n) is 9.98. The van der Waals surface area contributed by atoms with Gasteiger partial charge in [0.2, 0.25) is 0 Å². The molecule has 0 heterocycles. The van der Waals surface area contributed by atoms with Crippen molar-refractivity contribution in [2.24, 2.45) is 11.8 Å². The van der Waals surface area contributed by atoms with Gasteiger partial charge in [-0.1, -0.05) is 52.8 Å². The number of hydrogen-bond acceptors (Lipinski definition) is 4. The fraction of sp³-hybridized carbons (Fsp3) is 0.680. The smallest absolute Gasteiger partial charge is 0.192 e. The quantitative estimate of drug-likeness (QED) is 0.172. The first-order chi connectivity index (χ1) is 14.8. The van der Waals surface area contributed by atoms with E-state index in [9.17, 15) is 0 Å². The third kappa shape index (κ3) is 9.59. The van der Waals surface area contributed by atoms with Crippen LogP contribution in [0.25, 0.3) is 0 Å². The van der Waals surface area contributed by atoms with E-state index in [1.54, 1.807) is 14.2 Å². The zero-order valence-corrected chi connectivity index (χ0v) is 25.4. The maximum Gasteiger partial charge on any atom is 0.192 e. The molecule has 0 radical (unpaired) electrons. The summed E-state index contributed by atoms with van der Waals surface area (Å²) in [5, 5.41) is 0.143. The summed E-state index contributed by atoms with van der Waals surface area (Å²) in [7, 11) is 1.51. The monoisotopic (exact) mass is 592 g/mol. The summed E-state index contributed by atoms with van der Waals surface area (Å²) >= 11 is 7.05. The minimum atomic E-state index is -1.95. The van der Waals surface area contributed by atoms with Crippen molar-refractivity contribution in [2.45, 2.75) is 78.0 Å². The van der Waals surface area contributed by atoms with E-state index in [2.05, 4.69) is 85.6 Å². The summed E-state index contributed by atoms with van der Waals surface area (Å²) in [6, 6.07) is 7.98. The van der Waals surface area contributed by atoms with Gasteiger partial charge in [-0.05, 0) is 74.1 Å². The van der Waals surface area contributed by atoms with Gasteiger partial charge in [0.1, 0.15) is 5.75 Å². The molecule has 1 aromatic rings. The molecule has 0 saturated heterocycles. The van der Waals surface area contributed by atoms with E-state index in [4.69, 9.17) is 18.6 Å². The van der Waals surface area contributed by atoms with Gasteiger partial charge in [-0.2, -0.15) is 0 Å². The normalized spacial score (nSPS) is 16.2. The fourth-order valence-corrected chi connectivity index (χ4v) is 5.72. The predicted molar refractivity (Wildman–Crippen MR) is 144 cm³/mol. The second kappa shape index (κ2) is 13.6. The van der Waals surface area contributed by atoms with Crippen LogP contribution in [0.2, 0.25) is 18.1 Å². The van der Waals surface area contributed by atoms with Crippen LogP contribution in [0, 0.1) is 11.8 Å². The topological polar surface area (TPSA) is 36.9 Å². The van der Waals surface area contributed by atoms with Crippen molar-refractivity contribution in [1.82, 2.24) is 0 Å². The maximum atomic E-state index is 6.93. The minimum absolute atomic E-state index is 0.0468. The number of rotatable bonds is 13. The van der Waals surface area contributed by atoms with Gasteiger partial charge in [0.25, 0.3) is 0 Å². The first-order valence-corrected chi connectivity index (χ1v) is 15.8. The number of ether oxygens (including phenoxy) is 3. The largest absolute Gasteiger partial charge is 0.497 e. The summed E-state index contributed by atoms with van der Waals surface area (Å²) in [5.74, 6) is 1.29. The molecule has 1 rings (SSSR count). The highest BCUT2D eigenvalue weighted by Gasteiger charge is 2.42. The molecule has 0 aliphatic carbocycles. The van der Waals surface area contributed by atoms with Gasteiger partial charge in [-0.25, -0.2) is 0 Å². The summed E-state index contributed by atoms with van der Waals surface area (Å²) in [6.07, 6.45) is 3.08. The van der Waals surface area contributed by atoms with E-state index in [1.807, 2.05) is 24.3 Å². The van der Waals surface area contributed by atoms with E-state index >= 15 is 0 Å². The molecule has 0 spiro atoms. The number of halogens is 2. The summed E-state index contributed by atoms with van der Waals surface area (Å²) in [4.78, 5) is 0. The van der Waals surface area contributed by atoms with E-state index < -0.39 is 8.32 Å². The van der Waals surface area contributed by atoms with Crippen molar-refractivity contribution in [3.8, 4) is 5.75 Å². The van der Waals surface area contributed by atoms with Crippen molar-refractivity contribution < 1.29 is 18.6 Å². The fourth-order valence-electron chi connectivity index (χ4n) is 3.42. The van der Waals surface area contributed by atoms with Crippen LogP contribution in [0.1, 0.15) is 46.6 Å². The average molecular weight is 595 g/mol. The lowest BCUT2D eigenvalue weighted by Crippen LogP contribution is -2.49. The van der Waals surface area contributed by atoms with Crippen molar-refractivity contribution >= 4 is 40.2 Å². The molecule has 1 aromatic carbocycles. The Bertz CT molecular complexity index is 697. The molecule has 32 heavy (non-hydrogen) atoms. The van der Waals surface area contributed by atoms with Crippen LogP contribution >= 0.6 is 31.9 Å². The van der Waals surface area contributed by atoms with Gasteiger partial charge >= 0.3 is 0 Å². The Morgan fingerprint density at radius 2 is 1.66 bits per heavy atom. The summed E-state index contributed by atoms with van der Waals surface area (Å²) < 4.78 is 25.0. The van der Waals surface area contributed by atoms with Gasteiger partial charge in [0.15, 0.2) is 8.32 Å². The van der Waals surface area contributed by atoms with Crippen molar-refractivity contribution in [3.63, 3.8) is 0 Å². The molecular formula is C25H42Br2O4Si. The molecule has 0 fully saturated rings. The lowest BCUT2D eigenvalue weighted by atomic mass is 9.88. The van der Waals surface area contributed by atoms with Crippen LogP contribution in [0.5, 0.6) is 5.75 Å². The molecule has 0 saturated carbocycles. The zero-order chi connectivity index (χ0) is 24.5. The SMILES string of the molecule is COc1ccc(COCC[C@@H](OC)[C@@H](C)[C@@H](O[Si](C)(C)C(C)(C)C)[C@H](C)C=C(Br)Br)cc1. The Morgan fingerprint density at radius 3 is 2.12 bits per heavy atom. The molecule has 7 heteroatoms. The predicted octanol–water partition coefficient (Wildman–Crippen LogP) is 7.91. The number of benzene rings is 1. The van der Waals surface area contributed by atoms with Crippen molar-refractivity contribution in [1.29, 1.82) is 0 Å². The van der Waals surface area contributed by atoms with Gasteiger partial charge < -0.3 is 18.6 Å². The summed E-state index contributed by atoms with van der Waals surface area (Å²) in [6.45, 7) is 17.1. The second-order valence-corrected chi connectivity index (χ2v) is 17.5. The van der Waals surface area contributed by atoms with Crippen LogP contribution in [0.4, 0.5) is 0 Å². The van der Waals surface area contributed by atoms with E-state index in [1.165, 1.54) is 0 Å². The van der Waals surface area contributed by atoms with Crippen LogP contribution in [-0.4, -0.2) is 41.4 Å². The lowest BCUT2D eigenvalue weighted by Gasteiger charge is -2.43. The molecule has 0 unspecified atom stereocenters. The standard InChI is InChI=1S/C25H42Br2O4Si/c1-18(16-23(26)27)24(31-32(8,9)25(3,4)5)19(2)22(29-7)14-15-30-17-20-10-12-21(28-6)13-11-20/h10-13,16,18-19,22,24H,14-15,17H2,1-9H3/t18-,19-,22-,24+/m1/s1. The molecule has 0 N–H and O–H groups in total. The zero-order valence-electron chi connectivity index (χ0n) is 21.2. The van der Waals surface area contributed by atoms with E-state index in [0.29, 0.717) is 13.2 Å². The van der Waals surface area contributed by atoms with Crippen molar-refractivity contribution in [2.75, 3.05) is 20.8 Å². The highest BCUT2D eigenvalue weighted by atomic mass is 79.9. The number of methoxy groups -OCH3 is 2. The minimum Gasteiger partial charge on any atom is -0.497 e. The average Bonchev–Trinajstić information content (AvgIpc) is 2.70. The molecule has 4 nitrogen and oxygen atoms in total. The van der Waals surface area contributed by atoms with E-state index in [-0.39, 0.29) is 29.1 Å². The molecule has 4 atom stereocenters. The van der Waals surface area contributed by atoms with Gasteiger partial charge in [-0.3, -0.25) is 0 Å². The van der Waals surface area contributed by atoms with Crippen LogP contribution in [0.3, 0.4) is 0 Å². The van der Waals surface area contributed by atoms with Crippen molar-refractivity contribution in [3.05, 3.63) is 39.3 Å². The first kappa shape index (κ1) is 29.8. The summed E-state index contributed by atoms with van der Waals surface area (Å²) in [5.41, 5.74) is 1.13. The lowest BCUT2D eigenvalue weighted by molar-refractivity contribution is -0.0314. The van der Waals surface area contributed by atoms with E-state index in [0.717, 1.165) is 21.1 Å². The third-order valence-electron chi connectivity index (χ3n) is 6.53. The first-order valence-electron chi connectivity index (χ1n) is 11.3. The van der Waals surface area contributed by atoms with Gasteiger partial charge in [0.05, 0.1) is 29.3 Å². The Hall–Kier alpha value is -0.183.